The van der Waals surface area contributed by atoms with Gasteiger partial charge in [0.15, 0.2) is 5.82 Å². The Kier molecular flexibility index (Phi) is 10.4. The summed E-state index contributed by atoms with van der Waals surface area (Å²) in [5.74, 6) is -0.737. The Morgan fingerprint density at radius 1 is 0.968 bits per heavy atom. The molecule has 2 saturated heterocycles. The minimum atomic E-state index is -2.67. The van der Waals surface area contributed by atoms with E-state index in [9.17, 15) is 32.8 Å². The summed E-state index contributed by atoms with van der Waals surface area (Å²) in [5.41, 5.74) is 6.70. The number of nitrogens with zero attached hydrogens (tertiary/aromatic N) is 9. The summed E-state index contributed by atoms with van der Waals surface area (Å²) in [6.07, 6.45) is 8.81. The number of fused-ring (bicyclic) bond motifs is 3. The molecule has 10 rings (SSSR count). The highest BCUT2D eigenvalue weighted by Gasteiger charge is 2.54. The zero-order chi connectivity index (χ0) is 43.7. The van der Waals surface area contributed by atoms with Gasteiger partial charge in [-0.15, -0.1) is 0 Å². The molecule has 4 amide bonds. The highest BCUT2D eigenvalue weighted by Crippen LogP contribution is 2.52. The molecule has 1 N–H and O–H groups in total. The third-order valence-corrected chi connectivity index (χ3v) is 14.6. The number of anilines is 3. The summed E-state index contributed by atoms with van der Waals surface area (Å²) < 4.78 is 33.2. The summed E-state index contributed by atoms with van der Waals surface area (Å²) in [4.78, 5) is 72.3. The number of hydrogen-bond donors (Lipinski definition) is 1. The average Bonchev–Trinajstić information content (AvgIpc) is 3.95. The lowest BCUT2D eigenvalue weighted by molar-refractivity contribution is -0.125. The molecule has 330 valence electrons. The van der Waals surface area contributed by atoms with Gasteiger partial charge in [0.25, 0.3) is 18.2 Å². The van der Waals surface area contributed by atoms with E-state index in [0.29, 0.717) is 49.5 Å². The first-order valence-electron chi connectivity index (χ1n) is 22.2. The molecular weight excluding hydrogens is 811 g/mol. The maximum atomic E-state index is 14.7. The molecule has 1 unspecified atom stereocenters. The number of benzene rings is 2. The van der Waals surface area contributed by atoms with Gasteiger partial charge < -0.3 is 29.7 Å². The number of rotatable bonds is 12. The maximum absolute atomic E-state index is 14.7. The van der Waals surface area contributed by atoms with Crippen LogP contribution in [0.3, 0.4) is 0 Å². The highest BCUT2D eigenvalue weighted by molar-refractivity contribution is 6.23. The molecule has 2 aromatic carbocycles. The fourth-order valence-corrected chi connectivity index (χ4v) is 11.3. The first kappa shape index (κ1) is 41.1. The fraction of sp³-hybridized carbons (Fsp3) is 0.500. The molecule has 1 saturated carbocycles. The molecule has 1 aliphatic carbocycles. The van der Waals surface area contributed by atoms with Crippen molar-refractivity contribution in [1.82, 2.24) is 39.6 Å². The van der Waals surface area contributed by atoms with Gasteiger partial charge in [-0.2, -0.15) is 10.2 Å². The summed E-state index contributed by atoms with van der Waals surface area (Å²) in [6.45, 7) is 5.33. The lowest BCUT2D eigenvalue weighted by Crippen LogP contribution is -2.67. The zero-order valence-corrected chi connectivity index (χ0v) is 35.6. The summed E-state index contributed by atoms with van der Waals surface area (Å²) in [7, 11) is 3.22. The van der Waals surface area contributed by atoms with E-state index in [4.69, 9.17) is 5.10 Å². The molecule has 2 aromatic heterocycles. The number of alkyl halides is 2. The second-order valence-electron chi connectivity index (χ2n) is 18.3. The molecule has 7 heterocycles. The Hall–Kier alpha value is -5.97. The first-order chi connectivity index (χ1) is 30.5. The molecule has 3 fully saturated rings. The lowest BCUT2D eigenvalue weighted by atomic mass is 9.60. The van der Waals surface area contributed by atoms with E-state index >= 15 is 0 Å². The number of aldehydes is 1. The van der Waals surface area contributed by atoms with Crippen LogP contribution in [0.15, 0.2) is 42.7 Å². The van der Waals surface area contributed by atoms with Crippen LogP contribution in [-0.2, 0) is 40.8 Å². The number of amides is 4. The van der Waals surface area contributed by atoms with Crippen LogP contribution in [-0.4, -0.2) is 123 Å². The molecular formula is C46H52F2N10O5. The van der Waals surface area contributed by atoms with E-state index in [1.54, 1.807) is 47.2 Å². The molecule has 5 aliphatic heterocycles. The van der Waals surface area contributed by atoms with E-state index in [1.807, 2.05) is 12.1 Å². The SMILES string of the molecule is CNC(=O)C(CCC=O)N1C(=O)c2ccc(N3CC4(CC(N5CCC(n6nc(N7CCCc8cc(-c9cnn(C)c9)c(C(F)F)cc87)c7c6CCN(C=O)C7)CC5)C4)C3)cc2C1=O. The summed E-state index contributed by atoms with van der Waals surface area (Å²) in [5, 5.41) is 12.1. The predicted molar refractivity (Wildman–Crippen MR) is 229 cm³/mol. The predicted octanol–water partition coefficient (Wildman–Crippen LogP) is 4.82. The van der Waals surface area contributed by atoms with Crippen molar-refractivity contribution in [3.63, 3.8) is 0 Å². The van der Waals surface area contributed by atoms with Crippen LogP contribution in [0.1, 0.15) is 101 Å². The van der Waals surface area contributed by atoms with Crippen LogP contribution in [0, 0.1) is 5.41 Å². The van der Waals surface area contributed by atoms with Crippen molar-refractivity contribution in [3.05, 3.63) is 76.2 Å². The second kappa shape index (κ2) is 16.0. The number of halogens is 2. The topological polar surface area (TPSA) is 149 Å². The van der Waals surface area contributed by atoms with E-state index < -0.39 is 30.2 Å². The monoisotopic (exact) mass is 862 g/mol. The van der Waals surface area contributed by atoms with E-state index in [0.717, 1.165) is 110 Å². The van der Waals surface area contributed by atoms with E-state index in [-0.39, 0.29) is 41.0 Å². The quantitative estimate of drug-likeness (QED) is 0.155. The number of imide groups is 1. The molecule has 15 nitrogen and oxygen atoms in total. The number of carbonyl (C=O) groups excluding carboxylic acids is 5. The number of aryl methyl sites for hydroxylation is 2. The maximum Gasteiger partial charge on any atom is 0.264 e. The molecule has 0 bridgehead atoms. The number of carbonyl (C=O) groups is 5. The van der Waals surface area contributed by atoms with Gasteiger partial charge in [-0.05, 0) is 86.4 Å². The van der Waals surface area contributed by atoms with Crippen molar-refractivity contribution in [1.29, 1.82) is 0 Å². The van der Waals surface area contributed by atoms with Crippen LogP contribution >= 0.6 is 0 Å². The number of likely N-dealkylation sites (tertiary alicyclic amines) is 1. The van der Waals surface area contributed by atoms with Gasteiger partial charge in [-0.3, -0.25) is 33.4 Å². The van der Waals surface area contributed by atoms with Crippen LogP contribution < -0.4 is 15.1 Å². The van der Waals surface area contributed by atoms with E-state index in [1.165, 1.54) is 7.05 Å². The minimum Gasteiger partial charge on any atom is -0.370 e. The molecule has 63 heavy (non-hydrogen) atoms. The Morgan fingerprint density at radius 3 is 2.44 bits per heavy atom. The molecule has 1 spiro atoms. The Bertz CT molecular complexity index is 2500. The third-order valence-electron chi connectivity index (χ3n) is 14.6. The number of likely N-dealkylation sites (N-methyl/N-ethyl adjacent to an activating group) is 1. The van der Waals surface area contributed by atoms with Gasteiger partial charge in [0, 0.05) is 118 Å². The van der Waals surface area contributed by atoms with Crippen LogP contribution in [0.5, 0.6) is 0 Å². The molecule has 4 aromatic rings. The average molecular weight is 863 g/mol. The van der Waals surface area contributed by atoms with Crippen molar-refractivity contribution in [3.8, 4) is 11.1 Å². The summed E-state index contributed by atoms with van der Waals surface area (Å²) in [6, 6.07) is 8.50. The van der Waals surface area contributed by atoms with Crippen molar-refractivity contribution in [2.24, 2.45) is 12.5 Å². The number of nitrogens with one attached hydrogen (secondary N) is 1. The van der Waals surface area contributed by atoms with Crippen molar-refractivity contribution < 1.29 is 32.8 Å². The van der Waals surface area contributed by atoms with Crippen molar-refractivity contribution in [2.75, 3.05) is 56.1 Å². The number of aromatic nitrogens is 4. The molecule has 1 atom stereocenters. The van der Waals surface area contributed by atoms with Gasteiger partial charge in [-0.1, -0.05) is 0 Å². The Labute approximate surface area is 363 Å². The molecule has 0 radical (unpaired) electrons. The highest BCUT2D eigenvalue weighted by atomic mass is 19.3. The molecule has 6 aliphatic rings. The van der Waals surface area contributed by atoms with E-state index in [2.05, 4.69) is 29.8 Å². The van der Waals surface area contributed by atoms with Crippen LogP contribution in [0.2, 0.25) is 0 Å². The second-order valence-corrected chi connectivity index (χ2v) is 18.3. The van der Waals surface area contributed by atoms with Gasteiger partial charge in [0.2, 0.25) is 12.3 Å². The van der Waals surface area contributed by atoms with Gasteiger partial charge in [0.05, 0.1) is 29.9 Å². The smallest absolute Gasteiger partial charge is 0.264 e. The fourth-order valence-electron chi connectivity index (χ4n) is 11.3. The molecule has 17 heteroatoms. The largest absolute Gasteiger partial charge is 0.370 e. The standard InChI is InChI=1S/C46H52F2N10O5/c1-49-43(61)39(6-4-16-59)57-44(62)33-8-7-31(18-36(33)45(57)63)55-25-46(26-55)20-32(21-46)54-14-9-30(10-15-54)58-38-11-13-53(27-60)24-37(38)42(51-58)56-12-3-5-28-17-34(29-22-50-52(2)23-29)35(41(47)48)19-40(28)56/h7-8,16-19,22-23,27,30,32,39,41H,3-6,9-15,20-21,24-26H2,1-2H3,(H,49,61). The number of piperidine rings is 1. The van der Waals surface area contributed by atoms with Crippen molar-refractivity contribution in [2.45, 2.75) is 88.9 Å². The third kappa shape index (κ3) is 6.98. The zero-order valence-electron chi connectivity index (χ0n) is 35.6. The normalized spacial score (nSPS) is 20.4. The number of hydrogen-bond acceptors (Lipinski definition) is 10. The minimum absolute atomic E-state index is 0.0254. The van der Waals surface area contributed by atoms with Gasteiger partial charge >= 0.3 is 0 Å². The van der Waals surface area contributed by atoms with Crippen LogP contribution in [0.4, 0.5) is 26.0 Å². The summed E-state index contributed by atoms with van der Waals surface area (Å²) >= 11 is 0. The van der Waals surface area contributed by atoms with Gasteiger partial charge in [0.1, 0.15) is 12.3 Å². The first-order valence-corrected chi connectivity index (χ1v) is 22.2. The Balaban J connectivity index is 0.802. The lowest BCUT2D eigenvalue weighted by Gasteiger charge is -2.62. The van der Waals surface area contributed by atoms with Crippen LogP contribution in [0.25, 0.3) is 11.1 Å². The Morgan fingerprint density at radius 2 is 1.75 bits per heavy atom. The van der Waals surface area contributed by atoms with Crippen molar-refractivity contribution >= 4 is 47.6 Å². The van der Waals surface area contributed by atoms with Gasteiger partial charge in [-0.25, -0.2) is 8.78 Å².